The summed E-state index contributed by atoms with van der Waals surface area (Å²) in [7, 11) is 2.03. The Morgan fingerprint density at radius 3 is 2.47 bits per heavy atom. The zero-order valence-electron chi connectivity index (χ0n) is 11.3. The van der Waals surface area contributed by atoms with Crippen LogP contribution in [0.3, 0.4) is 0 Å². The summed E-state index contributed by atoms with van der Waals surface area (Å²) in [6.07, 6.45) is 0. The minimum atomic E-state index is -0.912. The summed E-state index contributed by atoms with van der Waals surface area (Å²) >= 11 is 0. The molecule has 1 heterocycles. The Kier molecular flexibility index (Phi) is 4.07. The number of carboxylic acid groups (broad SMARTS) is 1. The SMILES string of the molecule is Cc1ccc(O)c(C(C(=O)O)N2CCN(C)CC2)c1. The first kappa shape index (κ1) is 13.8. The monoisotopic (exact) mass is 264 g/mol. The molecule has 1 aliphatic rings. The van der Waals surface area contributed by atoms with Crippen molar-refractivity contribution >= 4 is 5.97 Å². The van der Waals surface area contributed by atoms with Crippen LogP contribution in [0, 0.1) is 6.92 Å². The van der Waals surface area contributed by atoms with Crippen molar-refractivity contribution in [3.63, 3.8) is 0 Å². The lowest BCUT2D eigenvalue weighted by molar-refractivity contribution is -0.144. The number of phenolic OH excluding ortho intramolecular Hbond substituents is 1. The Bertz CT molecular complexity index is 468. The van der Waals surface area contributed by atoms with Gasteiger partial charge in [0, 0.05) is 31.7 Å². The molecule has 1 unspecified atom stereocenters. The van der Waals surface area contributed by atoms with Crippen molar-refractivity contribution in [1.29, 1.82) is 0 Å². The fourth-order valence-electron chi connectivity index (χ4n) is 2.46. The summed E-state index contributed by atoms with van der Waals surface area (Å²) < 4.78 is 0. The molecule has 0 radical (unpaired) electrons. The van der Waals surface area contributed by atoms with Crippen LogP contribution in [0.1, 0.15) is 17.2 Å². The molecule has 1 fully saturated rings. The highest BCUT2D eigenvalue weighted by Gasteiger charge is 2.31. The van der Waals surface area contributed by atoms with Crippen molar-refractivity contribution in [1.82, 2.24) is 9.80 Å². The third kappa shape index (κ3) is 3.05. The highest BCUT2D eigenvalue weighted by molar-refractivity contribution is 5.76. The number of hydrogen-bond acceptors (Lipinski definition) is 4. The van der Waals surface area contributed by atoms with Gasteiger partial charge < -0.3 is 15.1 Å². The van der Waals surface area contributed by atoms with Crippen LogP contribution < -0.4 is 0 Å². The molecule has 0 amide bonds. The molecule has 19 heavy (non-hydrogen) atoms. The molecule has 2 rings (SSSR count). The second-order valence-electron chi connectivity index (χ2n) is 5.14. The van der Waals surface area contributed by atoms with E-state index in [-0.39, 0.29) is 5.75 Å². The van der Waals surface area contributed by atoms with Crippen molar-refractivity contribution in [3.8, 4) is 5.75 Å². The van der Waals surface area contributed by atoms with Gasteiger partial charge in [0.25, 0.3) is 0 Å². The van der Waals surface area contributed by atoms with E-state index in [9.17, 15) is 15.0 Å². The second-order valence-corrected chi connectivity index (χ2v) is 5.14. The quantitative estimate of drug-likeness (QED) is 0.855. The number of nitrogens with zero attached hydrogens (tertiary/aromatic N) is 2. The standard InChI is InChI=1S/C14H20N2O3/c1-10-3-4-12(17)11(9-10)13(14(18)19)16-7-5-15(2)6-8-16/h3-4,9,13,17H,5-8H2,1-2H3,(H,18,19). The first-order valence-corrected chi connectivity index (χ1v) is 6.44. The van der Waals surface area contributed by atoms with Crippen LogP contribution in [-0.2, 0) is 4.79 Å². The highest BCUT2D eigenvalue weighted by atomic mass is 16.4. The molecular formula is C14H20N2O3. The smallest absolute Gasteiger partial charge is 0.325 e. The van der Waals surface area contributed by atoms with Crippen LogP contribution in [0.5, 0.6) is 5.75 Å². The Balaban J connectivity index is 2.30. The van der Waals surface area contributed by atoms with Gasteiger partial charge in [-0.25, -0.2) is 0 Å². The van der Waals surface area contributed by atoms with Crippen LogP contribution in [0.2, 0.25) is 0 Å². The summed E-state index contributed by atoms with van der Waals surface area (Å²) in [6, 6.07) is 4.33. The molecule has 0 spiro atoms. The molecule has 1 aromatic carbocycles. The number of aryl methyl sites for hydroxylation is 1. The Labute approximate surface area is 113 Å². The van der Waals surface area contributed by atoms with Gasteiger partial charge in [-0.1, -0.05) is 17.7 Å². The predicted octanol–water partition coefficient (Wildman–Crippen LogP) is 1.07. The average molecular weight is 264 g/mol. The number of hydrogen-bond donors (Lipinski definition) is 2. The lowest BCUT2D eigenvalue weighted by atomic mass is 10.0. The van der Waals surface area contributed by atoms with Crippen molar-refractivity contribution in [2.24, 2.45) is 0 Å². The fraction of sp³-hybridized carbons (Fsp3) is 0.500. The second kappa shape index (κ2) is 5.59. The molecule has 1 aromatic rings. The largest absolute Gasteiger partial charge is 0.508 e. The lowest BCUT2D eigenvalue weighted by Crippen LogP contribution is -2.47. The van der Waals surface area contributed by atoms with Crippen molar-refractivity contribution in [3.05, 3.63) is 29.3 Å². The van der Waals surface area contributed by atoms with Crippen LogP contribution in [0.25, 0.3) is 0 Å². The number of likely N-dealkylation sites (N-methyl/N-ethyl adjacent to an activating group) is 1. The Morgan fingerprint density at radius 2 is 1.89 bits per heavy atom. The van der Waals surface area contributed by atoms with E-state index in [4.69, 9.17) is 0 Å². The van der Waals surface area contributed by atoms with Gasteiger partial charge in [-0.3, -0.25) is 9.69 Å². The summed E-state index contributed by atoms with van der Waals surface area (Å²) in [5, 5.41) is 19.4. The summed E-state index contributed by atoms with van der Waals surface area (Å²) in [6.45, 7) is 4.97. The van der Waals surface area contributed by atoms with E-state index < -0.39 is 12.0 Å². The molecule has 5 heteroatoms. The van der Waals surface area contributed by atoms with E-state index in [0.29, 0.717) is 18.7 Å². The van der Waals surface area contributed by atoms with Crippen molar-refractivity contribution in [2.75, 3.05) is 33.2 Å². The number of carboxylic acids is 1. The number of carbonyl (C=O) groups is 1. The van der Waals surface area contributed by atoms with Gasteiger partial charge in [0.1, 0.15) is 11.8 Å². The van der Waals surface area contributed by atoms with Gasteiger partial charge in [-0.2, -0.15) is 0 Å². The highest BCUT2D eigenvalue weighted by Crippen LogP contribution is 2.30. The molecule has 0 aliphatic carbocycles. The van der Waals surface area contributed by atoms with E-state index in [2.05, 4.69) is 4.90 Å². The van der Waals surface area contributed by atoms with Crippen LogP contribution in [0.4, 0.5) is 0 Å². The maximum atomic E-state index is 11.6. The minimum Gasteiger partial charge on any atom is -0.508 e. The summed E-state index contributed by atoms with van der Waals surface area (Å²) in [5.74, 6) is -0.859. The van der Waals surface area contributed by atoms with Gasteiger partial charge in [0.2, 0.25) is 0 Å². The lowest BCUT2D eigenvalue weighted by Gasteiger charge is -2.36. The van der Waals surface area contributed by atoms with E-state index >= 15 is 0 Å². The Hall–Kier alpha value is -1.59. The molecule has 0 saturated carbocycles. The van der Waals surface area contributed by atoms with Gasteiger partial charge in [-0.05, 0) is 20.0 Å². The van der Waals surface area contributed by atoms with Crippen molar-refractivity contribution in [2.45, 2.75) is 13.0 Å². The number of aliphatic carboxylic acids is 1. The third-order valence-electron chi connectivity index (χ3n) is 3.61. The fourth-order valence-corrected chi connectivity index (χ4v) is 2.46. The van der Waals surface area contributed by atoms with E-state index in [1.807, 2.05) is 18.9 Å². The van der Waals surface area contributed by atoms with E-state index in [1.165, 1.54) is 0 Å². The topological polar surface area (TPSA) is 64.0 Å². The zero-order chi connectivity index (χ0) is 14.0. The first-order chi connectivity index (χ1) is 8.99. The molecule has 1 saturated heterocycles. The molecule has 104 valence electrons. The average Bonchev–Trinajstić information content (AvgIpc) is 2.36. The summed E-state index contributed by atoms with van der Waals surface area (Å²) in [4.78, 5) is 15.7. The summed E-state index contributed by atoms with van der Waals surface area (Å²) in [5.41, 5.74) is 1.44. The number of piperazine rings is 1. The van der Waals surface area contributed by atoms with E-state index in [1.54, 1.807) is 18.2 Å². The molecule has 0 aromatic heterocycles. The van der Waals surface area contributed by atoms with Gasteiger partial charge >= 0.3 is 5.97 Å². The van der Waals surface area contributed by atoms with Crippen LogP contribution >= 0.6 is 0 Å². The predicted molar refractivity (Wildman–Crippen MR) is 72.3 cm³/mol. The maximum Gasteiger partial charge on any atom is 0.325 e. The van der Waals surface area contributed by atoms with Crippen LogP contribution in [-0.4, -0.2) is 59.2 Å². The molecule has 1 aliphatic heterocycles. The maximum absolute atomic E-state index is 11.6. The normalized spacial score (nSPS) is 19.3. The third-order valence-corrected chi connectivity index (χ3v) is 3.61. The van der Waals surface area contributed by atoms with Crippen molar-refractivity contribution < 1.29 is 15.0 Å². The molecule has 0 bridgehead atoms. The number of aromatic hydroxyl groups is 1. The molecular weight excluding hydrogens is 244 g/mol. The number of rotatable bonds is 3. The molecule has 2 N–H and O–H groups in total. The minimum absolute atomic E-state index is 0.0527. The number of benzene rings is 1. The number of phenols is 1. The molecule has 5 nitrogen and oxygen atoms in total. The Morgan fingerprint density at radius 1 is 1.26 bits per heavy atom. The van der Waals surface area contributed by atoms with Gasteiger partial charge in [-0.15, -0.1) is 0 Å². The van der Waals surface area contributed by atoms with Crippen LogP contribution in [0.15, 0.2) is 18.2 Å². The van der Waals surface area contributed by atoms with E-state index in [0.717, 1.165) is 18.7 Å². The van der Waals surface area contributed by atoms with Gasteiger partial charge in [0.15, 0.2) is 0 Å². The molecule has 1 atom stereocenters. The van der Waals surface area contributed by atoms with Gasteiger partial charge in [0.05, 0.1) is 0 Å². The first-order valence-electron chi connectivity index (χ1n) is 6.44. The zero-order valence-corrected chi connectivity index (χ0v) is 11.3.